The highest BCUT2D eigenvalue weighted by molar-refractivity contribution is 9.10. The molecular formula is C18H25BrN4O3. The van der Waals surface area contributed by atoms with Crippen LogP contribution in [0, 0.1) is 17.8 Å². The van der Waals surface area contributed by atoms with Crippen molar-refractivity contribution >= 4 is 33.9 Å². The average molecular weight is 425 g/mol. The van der Waals surface area contributed by atoms with Crippen molar-refractivity contribution in [1.29, 1.82) is 0 Å². The first kappa shape index (κ1) is 19.1. The zero-order valence-electron chi connectivity index (χ0n) is 15.3. The molecule has 2 aliphatic carbocycles. The third kappa shape index (κ3) is 5.40. The third-order valence-corrected chi connectivity index (χ3v) is 4.94. The van der Waals surface area contributed by atoms with E-state index >= 15 is 0 Å². The number of carbonyl (C=O) groups is 2. The Morgan fingerprint density at radius 1 is 1.15 bits per heavy atom. The molecule has 1 aromatic rings. The second kappa shape index (κ2) is 7.50. The predicted molar refractivity (Wildman–Crippen MR) is 100 cm³/mol. The number of hydrogen-bond donors (Lipinski definition) is 2. The van der Waals surface area contributed by atoms with Gasteiger partial charge in [-0.05, 0) is 80.1 Å². The van der Waals surface area contributed by atoms with Gasteiger partial charge < -0.3 is 10.1 Å². The number of rotatable bonds is 6. The molecule has 0 saturated heterocycles. The highest BCUT2D eigenvalue weighted by Gasteiger charge is 2.48. The van der Waals surface area contributed by atoms with Gasteiger partial charge in [0.25, 0.3) is 0 Å². The number of ether oxygens (including phenoxy) is 1. The van der Waals surface area contributed by atoms with E-state index in [-0.39, 0.29) is 17.8 Å². The van der Waals surface area contributed by atoms with E-state index < -0.39 is 17.7 Å². The van der Waals surface area contributed by atoms with Crippen molar-refractivity contribution in [3.8, 4) is 0 Å². The van der Waals surface area contributed by atoms with Crippen LogP contribution in [0.2, 0.25) is 0 Å². The molecule has 0 aliphatic heterocycles. The smallest absolute Gasteiger partial charge is 0.408 e. The molecule has 2 aliphatic rings. The summed E-state index contributed by atoms with van der Waals surface area (Å²) in [4.78, 5) is 33.4. The van der Waals surface area contributed by atoms with Crippen LogP contribution in [-0.2, 0) is 9.53 Å². The van der Waals surface area contributed by atoms with Gasteiger partial charge in [0.2, 0.25) is 11.9 Å². The number of anilines is 1. The zero-order valence-corrected chi connectivity index (χ0v) is 16.9. The highest BCUT2D eigenvalue weighted by atomic mass is 79.9. The van der Waals surface area contributed by atoms with Crippen LogP contribution in [-0.4, -0.2) is 33.6 Å². The fraction of sp³-hybridized carbons (Fsp3) is 0.667. The van der Waals surface area contributed by atoms with Crippen molar-refractivity contribution < 1.29 is 14.3 Å². The van der Waals surface area contributed by atoms with Gasteiger partial charge >= 0.3 is 6.09 Å². The van der Waals surface area contributed by atoms with Gasteiger partial charge in [-0.3, -0.25) is 10.1 Å². The summed E-state index contributed by atoms with van der Waals surface area (Å²) < 4.78 is 6.10. The van der Waals surface area contributed by atoms with Gasteiger partial charge in [0.05, 0.1) is 4.47 Å². The summed E-state index contributed by atoms with van der Waals surface area (Å²) in [6, 6.07) is -0.642. The highest BCUT2D eigenvalue weighted by Crippen LogP contribution is 2.50. The first-order valence-corrected chi connectivity index (χ1v) is 9.80. The number of aromatic nitrogens is 2. The maximum absolute atomic E-state index is 12.9. The van der Waals surface area contributed by atoms with E-state index in [2.05, 4.69) is 36.5 Å². The van der Waals surface area contributed by atoms with Crippen molar-refractivity contribution in [2.45, 2.75) is 58.1 Å². The summed E-state index contributed by atoms with van der Waals surface area (Å²) in [5.41, 5.74) is -0.616. The van der Waals surface area contributed by atoms with Crippen LogP contribution in [0.15, 0.2) is 16.9 Å². The maximum atomic E-state index is 12.9. The molecule has 0 aromatic carbocycles. The van der Waals surface area contributed by atoms with Gasteiger partial charge in [0, 0.05) is 12.4 Å². The van der Waals surface area contributed by atoms with Crippen molar-refractivity contribution in [2.24, 2.45) is 17.8 Å². The van der Waals surface area contributed by atoms with Crippen LogP contribution >= 0.6 is 15.9 Å². The number of hydrogen-bond acceptors (Lipinski definition) is 5. The number of alkyl carbamates (subject to hydrolysis) is 1. The summed E-state index contributed by atoms with van der Waals surface area (Å²) >= 11 is 3.27. The summed E-state index contributed by atoms with van der Waals surface area (Å²) in [7, 11) is 0. The Labute approximate surface area is 161 Å². The largest absolute Gasteiger partial charge is 0.444 e. The minimum Gasteiger partial charge on any atom is -0.444 e. The van der Waals surface area contributed by atoms with E-state index in [1.807, 2.05) is 0 Å². The maximum Gasteiger partial charge on any atom is 0.408 e. The molecule has 2 N–H and O–H groups in total. The first-order chi connectivity index (χ1) is 12.2. The van der Waals surface area contributed by atoms with Gasteiger partial charge in [-0.1, -0.05) is 0 Å². The van der Waals surface area contributed by atoms with Crippen molar-refractivity contribution in [1.82, 2.24) is 15.3 Å². The molecule has 0 bridgehead atoms. The molecule has 8 heteroatoms. The van der Waals surface area contributed by atoms with Crippen LogP contribution < -0.4 is 10.6 Å². The van der Waals surface area contributed by atoms with Gasteiger partial charge in [-0.15, -0.1) is 0 Å². The van der Waals surface area contributed by atoms with Crippen molar-refractivity contribution in [3.63, 3.8) is 0 Å². The summed E-state index contributed by atoms with van der Waals surface area (Å²) in [6.07, 6.45) is 6.99. The fourth-order valence-corrected chi connectivity index (χ4v) is 3.43. The predicted octanol–water partition coefficient (Wildman–Crippen LogP) is 3.51. The zero-order chi connectivity index (χ0) is 18.9. The van der Waals surface area contributed by atoms with Crippen LogP contribution in [0.3, 0.4) is 0 Å². The van der Waals surface area contributed by atoms with E-state index in [4.69, 9.17) is 4.74 Å². The summed E-state index contributed by atoms with van der Waals surface area (Å²) in [6.45, 7) is 5.41. The average Bonchev–Trinajstić information content (AvgIpc) is 3.41. The van der Waals surface area contributed by atoms with Crippen LogP contribution in [0.1, 0.15) is 46.5 Å². The van der Waals surface area contributed by atoms with Gasteiger partial charge in [0.1, 0.15) is 11.6 Å². The SMILES string of the molecule is CC(C)(C)OC(=O)N[C@H](C(=O)Nc1ncc(Br)cn1)C(C1CC1)C1CC1. The quantitative estimate of drug-likeness (QED) is 0.728. The summed E-state index contributed by atoms with van der Waals surface area (Å²) in [5, 5.41) is 5.54. The van der Waals surface area contributed by atoms with E-state index in [1.54, 1.807) is 33.2 Å². The first-order valence-electron chi connectivity index (χ1n) is 9.01. The number of halogens is 1. The van der Waals surface area contributed by atoms with Crippen LogP contribution in [0.25, 0.3) is 0 Å². The number of amides is 2. The second-order valence-electron chi connectivity index (χ2n) is 8.09. The molecule has 1 atom stereocenters. The minimum absolute atomic E-state index is 0.137. The minimum atomic E-state index is -0.642. The Bertz CT molecular complexity index is 654. The normalized spacial score (nSPS) is 18.3. The molecule has 2 saturated carbocycles. The van der Waals surface area contributed by atoms with Crippen LogP contribution in [0.4, 0.5) is 10.7 Å². The molecule has 2 fully saturated rings. The van der Waals surface area contributed by atoms with E-state index in [1.165, 1.54) is 0 Å². The molecule has 7 nitrogen and oxygen atoms in total. The number of carbonyl (C=O) groups excluding carboxylic acids is 2. The Morgan fingerprint density at radius 2 is 1.69 bits per heavy atom. The Hall–Kier alpha value is -1.70. The van der Waals surface area contributed by atoms with Crippen LogP contribution in [0.5, 0.6) is 0 Å². The second-order valence-corrected chi connectivity index (χ2v) is 9.01. The fourth-order valence-electron chi connectivity index (χ4n) is 3.23. The molecule has 3 rings (SSSR count). The Morgan fingerprint density at radius 3 is 2.15 bits per heavy atom. The number of nitrogens with zero attached hydrogens (tertiary/aromatic N) is 2. The molecule has 0 radical (unpaired) electrons. The monoisotopic (exact) mass is 424 g/mol. The van der Waals surface area contributed by atoms with Gasteiger partial charge in [-0.25, -0.2) is 14.8 Å². The Balaban J connectivity index is 1.74. The molecule has 142 valence electrons. The van der Waals surface area contributed by atoms with Crippen molar-refractivity contribution in [2.75, 3.05) is 5.32 Å². The lowest BCUT2D eigenvalue weighted by molar-refractivity contribution is -0.120. The molecule has 0 spiro atoms. The van der Waals surface area contributed by atoms with Crippen molar-refractivity contribution in [3.05, 3.63) is 16.9 Å². The lowest BCUT2D eigenvalue weighted by Gasteiger charge is -2.28. The molecule has 26 heavy (non-hydrogen) atoms. The lowest BCUT2D eigenvalue weighted by Crippen LogP contribution is -2.51. The van der Waals surface area contributed by atoms with E-state index in [0.29, 0.717) is 11.8 Å². The van der Waals surface area contributed by atoms with E-state index in [0.717, 1.165) is 30.2 Å². The number of nitrogens with one attached hydrogen (secondary N) is 2. The van der Waals surface area contributed by atoms with E-state index in [9.17, 15) is 9.59 Å². The molecular weight excluding hydrogens is 400 g/mol. The molecule has 0 unspecified atom stereocenters. The third-order valence-electron chi connectivity index (χ3n) is 4.53. The molecule has 1 heterocycles. The molecule has 2 amide bonds. The molecule has 1 aromatic heterocycles. The van der Waals surface area contributed by atoms with Gasteiger partial charge in [-0.2, -0.15) is 0 Å². The topological polar surface area (TPSA) is 93.2 Å². The standard InChI is InChI=1S/C18H25BrN4O3/c1-18(2,3)26-17(25)22-14(13(10-4-5-10)11-6-7-11)15(24)23-16-20-8-12(19)9-21-16/h8-11,13-14H,4-7H2,1-3H3,(H,22,25)(H,20,21,23,24)/t14-/m0/s1. The Kier molecular flexibility index (Phi) is 5.50. The van der Waals surface area contributed by atoms with Gasteiger partial charge in [0.15, 0.2) is 0 Å². The summed E-state index contributed by atoms with van der Waals surface area (Å²) in [5.74, 6) is 1.04. The lowest BCUT2D eigenvalue weighted by atomic mass is 9.89.